The first-order valence-corrected chi connectivity index (χ1v) is 9.26. The number of nitrogens with two attached hydrogens (primary N) is 1. The molecule has 0 bridgehead atoms. The molecular formula is C19H27F3N4O3. The molecule has 1 heterocycles. The minimum Gasteiger partial charge on any atom is -0.370 e. The van der Waals surface area contributed by atoms with Gasteiger partial charge < -0.3 is 26.0 Å². The largest absolute Gasteiger partial charge is 0.418 e. The molecule has 1 aromatic carbocycles. The van der Waals surface area contributed by atoms with Crippen LogP contribution in [0.4, 0.5) is 24.5 Å². The molecule has 1 aliphatic rings. The van der Waals surface area contributed by atoms with Gasteiger partial charge >= 0.3 is 6.18 Å². The molecule has 1 saturated heterocycles. The van der Waals surface area contributed by atoms with Crippen molar-refractivity contribution in [2.45, 2.75) is 33.0 Å². The van der Waals surface area contributed by atoms with Crippen molar-refractivity contribution in [2.75, 3.05) is 43.1 Å². The summed E-state index contributed by atoms with van der Waals surface area (Å²) in [5.74, 6) is -1.08. The molecule has 1 aromatic rings. The molecule has 162 valence electrons. The molecule has 4 N–H and O–H groups in total. The summed E-state index contributed by atoms with van der Waals surface area (Å²) in [5.41, 5.74) is 4.25. The highest BCUT2D eigenvalue weighted by atomic mass is 19.4. The van der Waals surface area contributed by atoms with Crippen LogP contribution in [0.5, 0.6) is 0 Å². The molecule has 2 rings (SSSR count). The van der Waals surface area contributed by atoms with E-state index in [2.05, 4.69) is 10.6 Å². The second-order valence-corrected chi connectivity index (χ2v) is 8.05. The lowest BCUT2D eigenvalue weighted by molar-refractivity contribution is -0.137. The van der Waals surface area contributed by atoms with Gasteiger partial charge in [-0.05, 0) is 23.6 Å². The molecule has 0 unspecified atom stereocenters. The maximum absolute atomic E-state index is 13.6. The topological polar surface area (TPSA) is 96.7 Å². The Bertz CT molecular complexity index is 747. The first-order chi connectivity index (χ1) is 13.4. The number of alkyl halides is 3. The van der Waals surface area contributed by atoms with Crippen LogP contribution in [0.1, 0.15) is 26.3 Å². The number of hydrogen-bond donors (Lipinski definition) is 3. The van der Waals surface area contributed by atoms with Crippen molar-refractivity contribution in [3.05, 3.63) is 23.8 Å². The maximum Gasteiger partial charge on any atom is 0.418 e. The van der Waals surface area contributed by atoms with Crippen LogP contribution in [0.2, 0.25) is 0 Å². The van der Waals surface area contributed by atoms with E-state index < -0.39 is 29.6 Å². The normalized spacial score (nSPS) is 16.7. The highest BCUT2D eigenvalue weighted by Gasteiger charge is 2.37. The Labute approximate surface area is 167 Å². The Balaban J connectivity index is 2.23. The summed E-state index contributed by atoms with van der Waals surface area (Å²) in [6.07, 6.45) is -4.70. The van der Waals surface area contributed by atoms with Crippen LogP contribution < -0.4 is 21.3 Å². The second-order valence-electron chi connectivity index (χ2n) is 8.05. The van der Waals surface area contributed by atoms with E-state index in [0.29, 0.717) is 6.54 Å². The Morgan fingerprint density at radius 3 is 2.55 bits per heavy atom. The van der Waals surface area contributed by atoms with Gasteiger partial charge in [0.15, 0.2) is 0 Å². The average molecular weight is 416 g/mol. The standard InChI is InChI=1S/C19H27F3N4O3/c1-18(2,3)11-24-14(9-23)17(28)25-12-4-5-15(13(8-12)19(20,21)22)26-6-7-29-10-16(26)27/h4-5,8,14,24H,6-7,9-11,23H2,1-3H3,(H,25,28)/t14-/m1/s1. The summed E-state index contributed by atoms with van der Waals surface area (Å²) in [6, 6.07) is 2.60. The number of rotatable bonds is 6. The number of morpholine rings is 1. The monoisotopic (exact) mass is 416 g/mol. The third-order valence-corrected chi connectivity index (χ3v) is 4.28. The molecule has 0 radical (unpaired) electrons. The van der Waals surface area contributed by atoms with Crippen molar-refractivity contribution < 1.29 is 27.5 Å². The van der Waals surface area contributed by atoms with Crippen LogP contribution >= 0.6 is 0 Å². The molecule has 29 heavy (non-hydrogen) atoms. The van der Waals surface area contributed by atoms with E-state index >= 15 is 0 Å². The second kappa shape index (κ2) is 9.10. The van der Waals surface area contributed by atoms with Gasteiger partial charge in [-0.25, -0.2) is 0 Å². The SMILES string of the molecule is CC(C)(C)CN[C@H](CN)C(=O)Nc1ccc(N2CCOCC2=O)c(C(F)(F)F)c1. The van der Waals surface area contributed by atoms with Crippen LogP contribution in [-0.2, 0) is 20.5 Å². The molecular weight excluding hydrogens is 389 g/mol. The quantitative estimate of drug-likeness (QED) is 0.659. The summed E-state index contributed by atoms with van der Waals surface area (Å²) in [6.45, 7) is 6.35. The fourth-order valence-corrected chi connectivity index (χ4v) is 2.79. The van der Waals surface area contributed by atoms with Gasteiger partial charge in [0.05, 0.1) is 23.9 Å². The zero-order valence-electron chi connectivity index (χ0n) is 16.7. The predicted octanol–water partition coefficient (Wildman–Crippen LogP) is 1.97. The minimum absolute atomic E-state index is 0.00555. The summed E-state index contributed by atoms with van der Waals surface area (Å²) >= 11 is 0. The number of hydrogen-bond acceptors (Lipinski definition) is 5. The van der Waals surface area contributed by atoms with E-state index in [1.807, 2.05) is 20.8 Å². The third-order valence-electron chi connectivity index (χ3n) is 4.28. The molecule has 7 nitrogen and oxygen atoms in total. The van der Waals surface area contributed by atoms with E-state index in [0.717, 1.165) is 11.0 Å². The van der Waals surface area contributed by atoms with Crippen LogP contribution in [0, 0.1) is 5.41 Å². The lowest BCUT2D eigenvalue weighted by Gasteiger charge is -2.29. The fourth-order valence-electron chi connectivity index (χ4n) is 2.79. The van der Waals surface area contributed by atoms with Gasteiger partial charge in [-0.15, -0.1) is 0 Å². The number of amides is 2. The average Bonchev–Trinajstić information content (AvgIpc) is 2.61. The van der Waals surface area contributed by atoms with Crippen LogP contribution in [0.3, 0.4) is 0 Å². The summed E-state index contributed by atoms with van der Waals surface area (Å²) in [4.78, 5) is 25.5. The fraction of sp³-hybridized carbons (Fsp3) is 0.579. The first-order valence-electron chi connectivity index (χ1n) is 9.26. The molecule has 0 aliphatic carbocycles. The number of nitrogens with zero attached hydrogens (tertiary/aromatic N) is 1. The Morgan fingerprint density at radius 2 is 2.00 bits per heavy atom. The number of halogens is 3. The van der Waals surface area contributed by atoms with Crippen molar-refractivity contribution in [3.63, 3.8) is 0 Å². The molecule has 2 amide bonds. The number of carbonyl (C=O) groups is 2. The van der Waals surface area contributed by atoms with Crippen molar-refractivity contribution >= 4 is 23.2 Å². The van der Waals surface area contributed by atoms with E-state index in [4.69, 9.17) is 10.5 Å². The summed E-state index contributed by atoms with van der Waals surface area (Å²) in [5, 5.41) is 5.49. The number of benzene rings is 1. The van der Waals surface area contributed by atoms with Gasteiger partial charge in [-0.3, -0.25) is 9.59 Å². The Kier molecular flexibility index (Phi) is 7.25. The van der Waals surface area contributed by atoms with Gasteiger partial charge in [0, 0.05) is 25.3 Å². The molecule has 10 heteroatoms. The molecule has 1 aliphatic heterocycles. The van der Waals surface area contributed by atoms with Gasteiger partial charge in [-0.1, -0.05) is 20.8 Å². The van der Waals surface area contributed by atoms with Gasteiger partial charge in [0.25, 0.3) is 5.91 Å². The highest BCUT2D eigenvalue weighted by molar-refractivity contribution is 5.98. The first kappa shape index (κ1) is 23.1. The molecule has 1 fully saturated rings. The maximum atomic E-state index is 13.6. The van der Waals surface area contributed by atoms with Gasteiger partial charge in [0.1, 0.15) is 6.61 Å². The van der Waals surface area contributed by atoms with Crippen molar-refractivity contribution in [2.24, 2.45) is 11.1 Å². The number of ether oxygens (including phenoxy) is 1. The van der Waals surface area contributed by atoms with Crippen molar-refractivity contribution in [1.29, 1.82) is 0 Å². The van der Waals surface area contributed by atoms with E-state index in [9.17, 15) is 22.8 Å². The summed E-state index contributed by atoms with van der Waals surface area (Å²) in [7, 11) is 0. The Hall–Kier alpha value is -2.17. The summed E-state index contributed by atoms with van der Waals surface area (Å²) < 4.78 is 45.8. The smallest absolute Gasteiger partial charge is 0.370 e. The van der Waals surface area contributed by atoms with E-state index in [-0.39, 0.29) is 43.1 Å². The van der Waals surface area contributed by atoms with Crippen LogP contribution in [-0.4, -0.2) is 50.7 Å². The lowest BCUT2D eigenvalue weighted by atomic mass is 9.96. The lowest BCUT2D eigenvalue weighted by Crippen LogP contribution is -2.48. The Morgan fingerprint density at radius 1 is 1.31 bits per heavy atom. The van der Waals surface area contributed by atoms with Crippen molar-refractivity contribution in [3.8, 4) is 0 Å². The highest BCUT2D eigenvalue weighted by Crippen LogP contribution is 2.38. The van der Waals surface area contributed by atoms with E-state index in [1.165, 1.54) is 12.1 Å². The van der Waals surface area contributed by atoms with Crippen LogP contribution in [0.25, 0.3) is 0 Å². The number of carbonyl (C=O) groups excluding carboxylic acids is 2. The molecule has 0 saturated carbocycles. The third kappa shape index (κ3) is 6.41. The molecule has 0 spiro atoms. The molecule has 1 atom stereocenters. The predicted molar refractivity (Wildman–Crippen MR) is 104 cm³/mol. The van der Waals surface area contributed by atoms with Crippen LogP contribution in [0.15, 0.2) is 18.2 Å². The molecule has 0 aromatic heterocycles. The van der Waals surface area contributed by atoms with Crippen molar-refractivity contribution in [1.82, 2.24) is 5.32 Å². The van der Waals surface area contributed by atoms with Gasteiger partial charge in [-0.2, -0.15) is 13.2 Å². The zero-order chi connectivity index (χ0) is 21.8. The van der Waals surface area contributed by atoms with Gasteiger partial charge in [0.2, 0.25) is 5.91 Å². The number of nitrogens with one attached hydrogen (secondary N) is 2. The number of anilines is 2. The minimum atomic E-state index is -4.70. The zero-order valence-corrected chi connectivity index (χ0v) is 16.7. The van der Waals surface area contributed by atoms with E-state index in [1.54, 1.807) is 0 Å².